The first-order valence-electron chi connectivity index (χ1n) is 6.80. The summed E-state index contributed by atoms with van der Waals surface area (Å²) in [6, 6.07) is 1.96. The molecule has 0 bridgehead atoms. The van der Waals surface area contributed by atoms with E-state index in [0.29, 0.717) is 6.54 Å². The molecule has 1 aromatic rings. The van der Waals surface area contributed by atoms with Crippen molar-refractivity contribution in [3.05, 3.63) is 29.3 Å². The van der Waals surface area contributed by atoms with Gasteiger partial charge < -0.3 is 10.7 Å². The van der Waals surface area contributed by atoms with Gasteiger partial charge in [0.05, 0.1) is 0 Å². The highest BCUT2D eigenvalue weighted by Gasteiger charge is 2.33. The number of carbonyl (C=O) groups excluding carboxylic acids is 1. The summed E-state index contributed by atoms with van der Waals surface area (Å²) >= 11 is 1.74. The van der Waals surface area contributed by atoms with Crippen LogP contribution in [0.2, 0.25) is 0 Å². The predicted octanol–water partition coefficient (Wildman–Crippen LogP) is 2.66. The van der Waals surface area contributed by atoms with E-state index in [1.807, 2.05) is 11.7 Å². The zero-order valence-electron chi connectivity index (χ0n) is 11.8. The molecule has 1 fully saturated rings. The van der Waals surface area contributed by atoms with Crippen LogP contribution in [0.4, 0.5) is 14.5 Å². The van der Waals surface area contributed by atoms with Crippen molar-refractivity contribution in [2.24, 2.45) is 5.84 Å². The number of halogens is 2. The Bertz CT molecular complexity index is 510. The van der Waals surface area contributed by atoms with E-state index >= 15 is 0 Å². The fraction of sp³-hybridized carbons (Fsp3) is 0.500. The van der Waals surface area contributed by atoms with Gasteiger partial charge in [-0.05, 0) is 31.2 Å². The summed E-state index contributed by atoms with van der Waals surface area (Å²) in [5.74, 6) is 2.77. The van der Waals surface area contributed by atoms with Gasteiger partial charge in [-0.1, -0.05) is 12.8 Å². The average Bonchev–Trinajstić information content (AvgIpc) is 2.94. The topological polar surface area (TPSA) is 67.2 Å². The molecule has 7 heteroatoms. The minimum absolute atomic E-state index is 0.0433. The van der Waals surface area contributed by atoms with Gasteiger partial charge in [0.1, 0.15) is 5.69 Å². The van der Waals surface area contributed by atoms with Gasteiger partial charge in [-0.2, -0.15) is 11.8 Å². The molecule has 1 aromatic carbocycles. The molecule has 116 valence electrons. The quantitative estimate of drug-likeness (QED) is 0.577. The lowest BCUT2D eigenvalue weighted by molar-refractivity contribution is 0.0948. The minimum atomic E-state index is -0.886. The molecule has 1 aliphatic carbocycles. The normalized spacial score (nSPS) is 16.8. The molecule has 0 heterocycles. The molecule has 4 N–H and O–H groups in total. The third-order valence-electron chi connectivity index (χ3n) is 3.97. The first-order valence-corrected chi connectivity index (χ1v) is 8.03. The number of nitrogens with one attached hydrogen (secondary N) is 2. The summed E-state index contributed by atoms with van der Waals surface area (Å²) in [5.41, 5.74) is 1.45. The Morgan fingerprint density at radius 2 is 1.90 bits per heavy atom. The Kier molecular flexibility index (Phi) is 5.05. The van der Waals surface area contributed by atoms with Crippen LogP contribution in [0, 0.1) is 11.6 Å². The summed E-state index contributed by atoms with van der Waals surface area (Å²) in [6.45, 7) is 0.507. The van der Waals surface area contributed by atoms with Gasteiger partial charge in [0.15, 0.2) is 11.6 Å². The maximum atomic E-state index is 13.6. The van der Waals surface area contributed by atoms with Crippen LogP contribution in [0.15, 0.2) is 12.1 Å². The first-order chi connectivity index (χ1) is 10.0. The first kappa shape index (κ1) is 16.0. The van der Waals surface area contributed by atoms with Crippen LogP contribution in [0.3, 0.4) is 0 Å². The number of hydrazine groups is 1. The summed E-state index contributed by atoms with van der Waals surface area (Å²) in [6.07, 6.45) is 6.42. The molecule has 1 aliphatic rings. The van der Waals surface area contributed by atoms with Crippen molar-refractivity contribution in [2.75, 3.05) is 18.2 Å². The van der Waals surface area contributed by atoms with E-state index in [-0.39, 0.29) is 10.3 Å². The zero-order valence-corrected chi connectivity index (χ0v) is 12.7. The van der Waals surface area contributed by atoms with Gasteiger partial charge in [0.2, 0.25) is 0 Å². The number of nitrogen functional groups attached to an aromatic ring is 1. The molecule has 2 rings (SSSR count). The standard InChI is InChI=1S/C14H19F2N3OS/c1-21-14(4-2-3-5-14)8-18-13(20)9-6-10(15)12(19-17)11(16)7-9/h6-7,19H,2-5,8,17H2,1H3,(H,18,20). The van der Waals surface area contributed by atoms with E-state index in [2.05, 4.69) is 5.32 Å². The molecule has 0 aromatic heterocycles. The zero-order chi connectivity index (χ0) is 15.5. The summed E-state index contributed by atoms with van der Waals surface area (Å²) < 4.78 is 27.2. The number of nitrogens with two attached hydrogens (primary N) is 1. The minimum Gasteiger partial charge on any atom is -0.351 e. The van der Waals surface area contributed by atoms with Gasteiger partial charge >= 0.3 is 0 Å². The maximum Gasteiger partial charge on any atom is 0.251 e. The molecule has 0 radical (unpaired) electrons. The van der Waals surface area contributed by atoms with Gasteiger partial charge in [0, 0.05) is 16.9 Å². The second kappa shape index (κ2) is 6.62. The van der Waals surface area contributed by atoms with Crippen molar-refractivity contribution in [3.8, 4) is 0 Å². The highest BCUT2D eigenvalue weighted by molar-refractivity contribution is 8.00. The molecule has 0 spiro atoms. The van der Waals surface area contributed by atoms with Crippen LogP contribution >= 0.6 is 11.8 Å². The molecular weight excluding hydrogens is 296 g/mol. The monoisotopic (exact) mass is 315 g/mol. The van der Waals surface area contributed by atoms with E-state index in [9.17, 15) is 13.6 Å². The second-order valence-electron chi connectivity index (χ2n) is 5.24. The number of hydrogen-bond acceptors (Lipinski definition) is 4. The van der Waals surface area contributed by atoms with Crippen molar-refractivity contribution in [1.82, 2.24) is 5.32 Å². The van der Waals surface area contributed by atoms with E-state index < -0.39 is 23.2 Å². The maximum absolute atomic E-state index is 13.6. The lowest BCUT2D eigenvalue weighted by atomic mass is 10.1. The Labute approximate surface area is 126 Å². The third kappa shape index (κ3) is 3.47. The number of amides is 1. The number of hydrogen-bond donors (Lipinski definition) is 3. The fourth-order valence-electron chi connectivity index (χ4n) is 2.66. The van der Waals surface area contributed by atoms with Crippen LogP contribution < -0.4 is 16.6 Å². The van der Waals surface area contributed by atoms with E-state index in [0.717, 1.165) is 37.8 Å². The molecule has 0 aliphatic heterocycles. The lowest BCUT2D eigenvalue weighted by Gasteiger charge is -2.26. The van der Waals surface area contributed by atoms with Crippen molar-refractivity contribution in [1.29, 1.82) is 0 Å². The van der Waals surface area contributed by atoms with Crippen LogP contribution in [-0.4, -0.2) is 23.5 Å². The van der Waals surface area contributed by atoms with E-state index in [1.54, 1.807) is 11.8 Å². The van der Waals surface area contributed by atoms with Crippen molar-refractivity contribution in [2.45, 2.75) is 30.4 Å². The Balaban J connectivity index is 2.07. The van der Waals surface area contributed by atoms with E-state index in [4.69, 9.17) is 5.84 Å². The number of rotatable bonds is 5. The van der Waals surface area contributed by atoms with Crippen molar-refractivity contribution in [3.63, 3.8) is 0 Å². The number of benzene rings is 1. The molecule has 0 atom stereocenters. The van der Waals surface area contributed by atoms with Crippen LogP contribution in [0.5, 0.6) is 0 Å². The average molecular weight is 315 g/mol. The molecule has 21 heavy (non-hydrogen) atoms. The molecule has 0 unspecified atom stereocenters. The SMILES string of the molecule is CSC1(CNC(=O)c2cc(F)c(NN)c(F)c2)CCCC1. The molecule has 0 saturated heterocycles. The largest absolute Gasteiger partial charge is 0.351 e. The van der Waals surface area contributed by atoms with Gasteiger partial charge in [-0.25, -0.2) is 8.78 Å². The Morgan fingerprint density at radius 3 is 2.38 bits per heavy atom. The molecule has 4 nitrogen and oxygen atoms in total. The highest BCUT2D eigenvalue weighted by atomic mass is 32.2. The van der Waals surface area contributed by atoms with Crippen LogP contribution in [0.1, 0.15) is 36.0 Å². The Morgan fingerprint density at radius 1 is 1.33 bits per heavy atom. The molecule has 1 amide bonds. The fourth-order valence-corrected chi connectivity index (χ4v) is 3.57. The van der Waals surface area contributed by atoms with Gasteiger partial charge in [0.25, 0.3) is 5.91 Å². The van der Waals surface area contributed by atoms with Crippen LogP contribution in [-0.2, 0) is 0 Å². The molecule has 1 saturated carbocycles. The predicted molar refractivity (Wildman–Crippen MR) is 81.2 cm³/mol. The van der Waals surface area contributed by atoms with Crippen molar-refractivity contribution >= 4 is 23.4 Å². The number of carbonyl (C=O) groups is 1. The smallest absolute Gasteiger partial charge is 0.251 e. The second-order valence-corrected chi connectivity index (χ2v) is 6.51. The summed E-state index contributed by atoms with van der Waals surface area (Å²) in [7, 11) is 0. The third-order valence-corrected chi connectivity index (χ3v) is 5.39. The van der Waals surface area contributed by atoms with E-state index in [1.165, 1.54) is 0 Å². The van der Waals surface area contributed by atoms with Gasteiger partial charge in [-0.15, -0.1) is 0 Å². The number of thioether (sulfide) groups is 1. The van der Waals surface area contributed by atoms with Crippen molar-refractivity contribution < 1.29 is 13.6 Å². The van der Waals surface area contributed by atoms with Crippen LogP contribution in [0.25, 0.3) is 0 Å². The Hall–Kier alpha value is -1.34. The highest BCUT2D eigenvalue weighted by Crippen LogP contribution is 2.39. The number of anilines is 1. The summed E-state index contributed by atoms with van der Waals surface area (Å²) in [4.78, 5) is 12.1. The lowest BCUT2D eigenvalue weighted by Crippen LogP contribution is -2.38. The summed E-state index contributed by atoms with van der Waals surface area (Å²) in [5, 5.41) is 2.78. The van der Waals surface area contributed by atoms with Gasteiger partial charge in [-0.3, -0.25) is 10.6 Å². The molecular formula is C14H19F2N3OS.